The van der Waals surface area contributed by atoms with Crippen LogP contribution in [0, 0.1) is 5.82 Å². The van der Waals surface area contributed by atoms with Crippen LogP contribution >= 0.6 is 0 Å². The van der Waals surface area contributed by atoms with Gasteiger partial charge in [-0.25, -0.2) is 9.18 Å². The lowest BCUT2D eigenvalue weighted by Crippen LogP contribution is -2.51. The van der Waals surface area contributed by atoms with Gasteiger partial charge in [0.1, 0.15) is 5.82 Å². The molecule has 29 heavy (non-hydrogen) atoms. The number of nitrogens with one attached hydrogen (secondary N) is 2. The SMILES string of the molecule is O=C(Nc1ccc(-c2nn[nH]n2)cc1)N1CCN(C(=O)c2cccc(F)c2)CC1. The third-order valence-electron chi connectivity index (χ3n) is 4.67. The lowest BCUT2D eigenvalue weighted by molar-refractivity contribution is 0.0671. The Balaban J connectivity index is 1.31. The second-order valence-electron chi connectivity index (χ2n) is 6.53. The fourth-order valence-electron chi connectivity index (χ4n) is 3.11. The minimum Gasteiger partial charge on any atom is -0.335 e. The van der Waals surface area contributed by atoms with E-state index in [4.69, 9.17) is 0 Å². The molecular formula is C19H18FN7O2. The normalized spacial score (nSPS) is 14.0. The Morgan fingerprint density at radius 2 is 1.72 bits per heavy atom. The smallest absolute Gasteiger partial charge is 0.321 e. The first-order chi connectivity index (χ1) is 14.1. The highest BCUT2D eigenvalue weighted by Gasteiger charge is 2.25. The molecule has 0 saturated carbocycles. The number of aromatic amines is 1. The summed E-state index contributed by atoms with van der Waals surface area (Å²) < 4.78 is 13.3. The van der Waals surface area contributed by atoms with E-state index in [2.05, 4.69) is 25.9 Å². The fraction of sp³-hybridized carbons (Fsp3) is 0.211. The van der Waals surface area contributed by atoms with Gasteiger partial charge < -0.3 is 15.1 Å². The fourth-order valence-corrected chi connectivity index (χ4v) is 3.11. The van der Waals surface area contributed by atoms with Gasteiger partial charge in [0.15, 0.2) is 0 Å². The third-order valence-corrected chi connectivity index (χ3v) is 4.67. The number of H-pyrrole nitrogens is 1. The molecule has 0 spiro atoms. The highest BCUT2D eigenvalue weighted by molar-refractivity contribution is 5.94. The number of piperazine rings is 1. The molecule has 2 aromatic carbocycles. The minimum absolute atomic E-state index is 0.235. The summed E-state index contributed by atoms with van der Waals surface area (Å²) in [5.41, 5.74) is 1.73. The second-order valence-corrected chi connectivity index (χ2v) is 6.53. The van der Waals surface area contributed by atoms with Crippen molar-refractivity contribution >= 4 is 17.6 Å². The molecule has 1 aliphatic heterocycles. The summed E-state index contributed by atoms with van der Waals surface area (Å²) in [7, 11) is 0. The van der Waals surface area contributed by atoms with Crippen LogP contribution in [0.1, 0.15) is 10.4 Å². The average Bonchev–Trinajstić information content (AvgIpc) is 3.29. The summed E-state index contributed by atoms with van der Waals surface area (Å²) in [6.45, 7) is 1.57. The van der Waals surface area contributed by atoms with Crippen LogP contribution < -0.4 is 5.32 Å². The lowest BCUT2D eigenvalue weighted by Gasteiger charge is -2.34. The van der Waals surface area contributed by atoms with Gasteiger partial charge in [-0.1, -0.05) is 6.07 Å². The summed E-state index contributed by atoms with van der Waals surface area (Å²) >= 11 is 0. The number of nitrogens with zero attached hydrogens (tertiary/aromatic N) is 5. The molecule has 3 aromatic rings. The first kappa shape index (κ1) is 18.5. The van der Waals surface area contributed by atoms with Crippen molar-refractivity contribution in [1.29, 1.82) is 0 Å². The maximum absolute atomic E-state index is 13.3. The zero-order valence-corrected chi connectivity index (χ0v) is 15.4. The van der Waals surface area contributed by atoms with Crippen LogP contribution in [0.3, 0.4) is 0 Å². The quantitative estimate of drug-likeness (QED) is 0.705. The zero-order valence-electron chi connectivity index (χ0n) is 15.4. The predicted molar refractivity (Wildman–Crippen MR) is 103 cm³/mol. The minimum atomic E-state index is -0.445. The maximum Gasteiger partial charge on any atom is 0.321 e. The zero-order chi connectivity index (χ0) is 20.2. The lowest BCUT2D eigenvalue weighted by atomic mass is 10.1. The van der Waals surface area contributed by atoms with E-state index in [0.717, 1.165) is 5.56 Å². The largest absolute Gasteiger partial charge is 0.335 e. The van der Waals surface area contributed by atoms with Crippen LogP contribution in [0.2, 0.25) is 0 Å². The van der Waals surface area contributed by atoms with Crippen LogP contribution in [0.5, 0.6) is 0 Å². The van der Waals surface area contributed by atoms with Crippen molar-refractivity contribution in [2.75, 3.05) is 31.5 Å². The number of benzene rings is 2. The van der Waals surface area contributed by atoms with E-state index in [1.165, 1.54) is 18.2 Å². The summed E-state index contributed by atoms with van der Waals surface area (Å²) in [4.78, 5) is 28.2. The van der Waals surface area contributed by atoms with E-state index in [9.17, 15) is 14.0 Å². The van der Waals surface area contributed by atoms with E-state index in [0.29, 0.717) is 43.3 Å². The van der Waals surface area contributed by atoms with Gasteiger partial charge >= 0.3 is 6.03 Å². The third kappa shape index (κ3) is 4.21. The number of aromatic nitrogens is 4. The number of carbonyl (C=O) groups excluding carboxylic acids is 2. The van der Waals surface area contributed by atoms with Crippen molar-refractivity contribution in [3.05, 3.63) is 59.9 Å². The van der Waals surface area contributed by atoms with Crippen LogP contribution in [0.4, 0.5) is 14.9 Å². The van der Waals surface area contributed by atoms with Gasteiger partial charge in [0.2, 0.25) is 5.82 Å². The van der Waals surface area contributed by atoms with Gasteiger partial charge in [-0.3, -0.25) is 4.79 Å². The predicted octanol–water partition coefficient (Wildman–Crippen LogP) is 2.00. The van der Waals surface area contributed by atoms with Crippen LogP contribution in [0.25, 0.3) is 11.4 Å². The number of carbonyl (C=O) groups is 2. The van der Waals surface area contributed by atoms with Gasteiger partial charge in [-0.05, 0) is 47.7 Å². The van der Waals surface area contributed by atoms with Crippen LogP contribution in [-0.4, -0.2) is 68.5 Å². The molecule has 9 nitrogen and oxygen atoms in total. The number of halogens is 1. The molecule has 0 unspecified atom stereocenters. The molecule has 4 rings (SSSR count). The number of rotatable bonds is 3. The van der Waals surface area contributed by atoms with Gasteiger partial charge in [0, 0.05) is 43.0 Å². The Morgan fingerprint density at radius 3 is 2.38 bits per heavy atom. The van der Waals surface area contributed by atoms with Crippen molar-refractivity contribution in [1.82, 2.24) is 30.4 Å². The molecule has 2 N–H and O–H groups in total. The van der Waals surface area contributed by atoms with Gasteiger partial charge in [-0.15, -0.1) is 10.2 Å². The Bertz CT molecular complexity index is 1000. The summed E-state index contributed by atoms with van der Waals surface area (Å²) in [5.74, 6) is -0.206. The van der Waals surface area contributed by atoms with E-state index >= 15 is 0 Å². The molecule has 0 radical (unpaired) electrons. The van der Waals surface area contributed by atoms with E-state index in [1.54, 1.807) is 40.1 Å². The average molecular weight is 395 g/mol. The first-order valence-corrected chi connectivity index (χ1v) is 9.05. The summed E-state index contributed by atoms with van der Waals surface area (Å²) in [5, 5.41) is 16.5. The molecule has 1 saturated heterocycles. The van der Waals surface area contributed by atoms with Crippen molar-refractivity contribution in [3.63, 3.8) is 0 Å². The molecular weight excluding hydrogens is 377 g/mol. The summed E-state index contributed by atoms with van der Waals surface area (Å²) in [6, 6.07) is 12.5. The monoisotopic (exact) mass is 395 g/mol. The standard InChI is InChI=1S/C19H18FN7O2/c20-15-3-1-2-14(12-15)18(28)26-8-10-27(11-9-26)19(29)21-16-6-4-13(5-7-16)17-22-24-25-23-17/h1-7,12H,8-11H2,(H,21,29)(H,22,23,24,25). The molecule has 148 valence electrons. The van der Waals surface area contributed by atoms with Crippen molar-refractivity contribution in [2.45, 2.75) is 0 Å². The second kappa shape index (κ2) is 8.05. The van der Waals surface area contributed by atoms with Crippen molar-refractivity contribution in [2.24, 2.45) is 0 Å². The van der Waals surface area contributed by atoms with Crippen LogP contribution in [-0.2, 0) is 0 Å². The molecule has 1 aliphatic rings. The van der Waals surface area contributed by atoms with Crippen molar-refractivity contribution < 1.29 is 14.0 Å². The molecule has 10 heteroatoms. The number of hydrogen-bond donors (Lipinski definition) is 2. The topological polar surface area (TPSA) is 107 Å². The Morgan fingerprint density at radius 1 is 1.00 bits per heavy atom. The molecule has 1 fully saturated rings. The first-order valence-electron chi connectivity index (χ1n) is 9.05. The van der Waals surface area contributed by atoms with Crippen LogP contribution in [0.15, 0.2) is 48.5 Å². The van der Waals surface area contributed by atoms with Gasteiger partial charge in [0.05, 0.1) is 0 Å². The van der Waals surface area contributed by atoms with E-state index < -0.39 is 5.82 Å². The van der Waals surface area contributed by atoms with E-state index in [1.807, 2.05) is 0 Å². The number of tetrazole rings is 1. The number of anilines is 1. The highest BCUT2D eigenvalue weighted by Crippen LogP contribution is 2.17. The molecule has 0 bridgehead atoms. The Hall–Kier alpha value is -3.82. The number of urea groups is 1. The molecule has 0 atom stereocenters. The van der Waals surface area contributed by atoms with E-state index in [-0.39, 0.29) is 11.9 Å². The summed E-state index contributed by atoms with van der Waals surface area (Å²) in [6.07, 6.45) is 0. The Kier molecular flexibility index (Phi) is 5.14. The van der Waals surface area contributed by atoms with Gasteiger partial charge in [0.25, 0.3) is 5.91 Å². The molecule has 3 amide bonds. The Labute approximate surface area is 165 Å². The van der Waals surface area contributed by atoms with Gasteiger partial charge in [-0.2, -0.15) is 5.21 Å². The molecule has 2 heterocycles. The number of hydrogen-bond acceptors (Lipinski definition) is 5. The highest BCUT2D eigenvalue weighted by atomic mass is 19.1. The number of amides is 3. The molecule has 1 aromatic heterocycles. The molecule has 0 aliphatic carbocycles. The van der Waals surface area contributed by atoms with Crippen molar-refractivity contribution in [3.8, 4) is 11.4 Å². The maximum atomic E-state index is 13.3.